The van der Waals surface area contributed by atoms with Gasteiger partial charge in [0.1, 0.15) is 11.6 Å². The Kier molecular flexibility index (Phi) is 6.59. The molecule has 0 radical (unpaired) electrons. The predicted molar refractivity (Wildman–Crippen MR) is 92.7 cm³/mol. The van der Waals surface area contributed by atoms with E-state index in [9.17, 15) is 23.9 Å². The van der Waals surface area contributed by atoms with E-state index in [0.717, 1.165) is 12.3 Å². The number of ether oxygens (including phenoxy) is 1. The highest BCUT2D eigenvalue weighted by Crippen LogP contribution is 2.19. The summed E-state index contributed by atoms with van der Waals surface area (Å²) < 4.78 is 18.6. The van der Waals surface area contributed by atoms with Crippen LogP contribution in [0, 0.1) is 5.82 Å². The van der Waals surface area contributed by atoms with Crippen LogP contribution in [-0.4, -0.2) is 30.6 Å². The van der Waals surface area contributed by atoms with Crippen LogP contribution in [0.2, 0.25) is 0 Å². The first kappa shape index (κ1) is 19.6. The van der Waals surface area contributed by atoms with Gasteiger partial charge in [-0.3, -0.25) is 9.59 Å². The van der Waals surface area contributed by atoms with Crippen molar-refractivity contribution < 1.29 is 28.6 Å². The third-order valence-corrected chi connectivity index (χ3v) is 3.23. The first-order valence-electron chi connectivity index (χ1n) is 7.79. The number of hydrogen-bond acceptors (Lipinski definition) is 6. The molecule has 0 saturated heterocycles. The lowest BCUT2D eigenvalue weighted by atomic mass is 10.1. The maximum atomic E-state index is 13.4. The fraction of sp³-hybridized carbons (Fsp3) is 0.111. The molecule has 0 aromatic heterocycles. The number of carboxylic acid groups (broad SMARTS) is 1. The lowest BCUT2D eigenvalue weighted by Crippen LogP contribution is -2.32. The molecule has 2 rings (SSSR count). The zero-order valence-corrected chi connectivity index (χ0v) is 14.2. The van der Waals surface area contributed by atoms with Crippen molar-refractivity contribution in [1.82, 2.24) is 5.43 Å². The van der Waals surface area contributed by atoms with Crippen molar-refractivity contribution in [2.24, 2.45) is 5.10 Å². The van der Waals surface area contributed by atoms with Crippen molar-refractivity contribution in [1.29, 1.82) is 0 Å². The highest BCUT2D eigenvalue weighted by atomic mass is 19.1. The zero-order valence-electron chi connectivity index (χ0n) is 14.2. The number of amides is 2. The van der Waals surface area contributed by atoms with Crippen LogP contribution >= 0.6 is 0 Å². The van der Waals surface area contributed by atoms with Crippen molar-refractivity contribution in [2.45, 2.75) is 6.92 Å². The van der Waals surface area contributed by atoms with Gasteiger partial charge in [0.2, 0.25) is 0 Å². The molecule has 0 heterocycles. The second kappa shape index (κ2) is 9.09. The van der Waals surface area contributed by atoms with Crippen LogP contribution < -0.4 is 20.6 Å². The van der Waals surface area contributed by atoms with E-state index >= 15 is 0 Å². The number of nitrogens with zero attached hydrogens (tertiary/aromatic N) is 1. The molecule has 2 aromatic carbocycles. The largest absolute Gasteiger partial charge is 0.545 e. The summed E-state index contributed by atoms with van der Waals surface area (Å²) in [7, 11) is 0. The average molecular weight is 372 g/mol. The second-order valence-electron chi connectivity index (χ2n) is 5.11. The molecule has 0 aliphatic carbocycles. The van der Waals surface area contributed by atoms with Gasteiger partial charge in [0, 0.05) is 5.56 Å². The zero-order chi connectivity index (χ0) is 19.8. The molecule has 0 aliphatic rings. The summed E-state index contributed by atoms with van der Waals surface area (Å²) in [6.07, 6.45) is 1.14. The molecular weight excluding hydrogens is 357 g/mol. The highest BCUT2D eigenvalue weighted by Gasteiger charge is 2.14. The van der Waals surface area contributed by atoms with Crippen LogP contribution in [0.5, 0.6) is 5.75 Å². The standard InChI is InChI=1S/C18H16FN3O5/c1-2-27-15-8-7-11(9-12(15)18(25)26)10-20-22-17(24)16(23)21-14-6-4-3-5-13(14)19/h3-10H,2H2,1H3,(H,21,23)(H,22,24)(H,25,26)/p-1/b20-10-. The number of carboxylic acids is 1. The monoisotopic (exact) mass is 372 g/mol. The normalized spacial score (nSPS) is 10.4. The van der Waals surface area contributed by atoms with E-state index in [0.29, 0.717) is 5.56 Å². The molecule has 0 atom stereocenters. The number of carbonyl (C=O) groups excluding carboxylic acids is 3. The van der Waals surface area contributed by atoms with Crippen molar-refractivity contribution in [3.63, 3.8) is 0 Å². The van der Waals surface area contributed by atoms with Gasteiger partial charge in [-0.25, -0.2) is 9.82 Å². The molecule has 0 saturated carbocycles. The van der Waals surface area contributed by atoms with Crippen LogP contribution in [0.4, 0.5) is 10.1 Å². The molecular formula is C18H15FN3O5-. The van der Waals surface area contributed by atoms with Gasteiger partial charge in [0.25, 0.3) is 0 Å². The van der Waals surface area contributed by atoms with E-state index in [1.165, 1.54) is 36.4 Å². The van der Waals surface area contributed by atoms with Crippen molar-refractivity contribution >= 4 is 29.7 Å². The molecule has 0 unspecified atom stereocenters. The molecule has 0 fully saturated rings. The Balaban J connectivity index is 2.01. The number of carbonyl (C=O) groups is 3. The molecule has 140 valence electrons. The van der Waals surface area contributed by atoms with Gasteiger partial charge in [-0.05, 0) is 42.8 Å². The number of aromatic carboxylic acids is 1. The molecule has 8 nitrogen and oxygen atoms in total. The van der Waals surface area contributed by atoms with E-state index in [-0.39, 0.29) is 23.6 Å². The topological polar surface area (TPSA) is 120 Å². The van der Waals surface area contributed by atoms with Crippen LogP contribution in [-0.2, 0) is 9.59 Å². The molecule has 2 amide bonds. The summed E-state index contributed by atoms with van der Waals surface area (Å²) in [5.74, 6) is -4.21. The number of benzene rings is 2. The predicted octanol–water partition coefficient (Wildman–Crippen LogP) is 0.677. The van der Waals surface area contributed by atoms with Crippen molar-refractivity contribution in [3.8, 4) is 5.75 Å². The fourth-order valence-electron chi connectivity index (χ4n) is 2.03. The van der Waals surface area contributed by atoms with Crippen LogP contribution in [0.25, 0.3) is 0 Å². The average Bonchev–Trinajstić information content (AvgIpc) is 2.64. The Hall–Kier alpha value is -3.75. The minimum Gasteiger partial charge on any atom is -0.545 e. The number of nitrogens with one attached hydrogen (secondary N) is 2. The first-order valence-corrected chi connectivity index (χ1v) is 7.79. The first-order chi connectivity index (χ1) is 12.9. The smallest absolute Gasteiger partial charge is 0.329 e. The molecule has 9 heteroatoms. The second-order valence-corrected chi connectivity index (χ2v) is 5.11. The third-order valence-electron chi connectivity index (χ3n) is 3.23. The summed E-state index contributed by atoms with van der Waals surface area (Å²) in [6, 6.07) is 9.53. The van der Waals surface area contributed by atoms with Gasteiger partial charge >= 0.3 is 11.8 Å². The lowest BCUT2D eigenvalue weighted by molar-refractivity contribution is -0.255. The Bertz CT molecular complexity index is 898. The van der Waals surface area contributed by atoms with Crippen LogP contribution in [0.15, 0.2) is 47.6 Å². The highest BCUT2D eigenvalue weighted by molar-refractivity contribution is 6.39. The van der Waals surface area contributed by atoms with E-state index < -0.39 is 23.6 Å². The minimum atomic E-state index is -1.43. The number of rotatable bonds is 6. The molecule has 0 bridgehead atoms. The Morgan fingerprint density at radius 3 is 2.59 bits per heavy atom. The number of halogens is 1. The molecule has 2 N–H and O–H groups in total. The lowest BCUT2D eigenvalue weighted by Gasteiger charge is -2.11. The van der Waals surface area contributed by atoms with Gasteiger partial charge in [-0.2, -0.15) is 5.10 Å². The summed E-state index contributed by atoms with van der Waals surface area (Å²) >= 11 is 0. The van der Waals surface area contributed by atoms with E-state index in [4.69, 9.17) is 4.74 Å². The van der Waals surface area contributed by atoms with Gasteiger partial charge < -0.3 is 20.0 Å². The quantitative estimate of drug-likeness (QED) is 0.439. The number of hydrazone groups is 1. The molecule has 0 spiro atoms. The summed E-state index contributed by atoms with van der Waals surface area (Å²) in [5.41, 5.74) is 1.96. The van der Waals surface area contributed by atoms with E-state index in [2.05, 4.69) is 10.4 Å². The summed E-state index contributed by atoms with van der Waals surface area (Å²) in [4.78, 5) is 34.5. The maximum absolute atomic E-state index is 13.4. The van der Waals surface area contributed by atoms with Crippen LogP contribution in [0.1, 0.15) is 22.8 Å². The van der Waals surface area contributed by atoms with E-state index in [1.807, 2.05) is 5.43 Å². The Morgan fingerprint density at radius 2 is 1.93 bits per heavy atom. The Labute approximate surface area is 153 Å². The maximum Gasteiger partial charge on any atom is 0.329 e. The van der Waals surface area contributed by atoms with Gasteiger partial charge in [0.15, 0.2) is 0 Å². The Morgan fingerprint density at radius 1 is 1.19 bits per heavy atom. The number of para-hydroxylation sites is 1. The summed E-state index contributed by atoms with van der Waals surface area (Å²) in [6.45, 7) is 1.98. The SMILES string of the molecule is CCOc1ccc(/C=N\NC(=O)C(=O)Nc2ccccc2F)cc1C(=O)[O-]. The fourth-order valence-corrected chi connectivity index (χ4v) is 2.03. The summed E-state index contributed by atoms with van der Waals surface area (Å²) in [5, 5.41) is 16.8. The molecule has 27 heavy (non-hydrogen) atoms. The number of hydrogen-bond donors (Lipinski definition) is 2. The van der Waals surface area contributed by atoms with Gasteiger partial charge in [0.05, 0.1) is 24.5 Å². The molecule has 2 aromatic rings. The minimum absolute atomic E-state index is 0.142. The van der Waals surface area contributed by atoms with E-state index in [1.54, 1.807) is 6.92 Å². The third kappa shape index (κ3) is 5.36. The van der Waals surface area contributed by atoms with Gasteiger partial charge in [-0.1, -0.05) is 12.1 Å². The van der Waals surface area contributed by atoms with Crippen molar-refractivity contribution in [3.05, 3.63) is 59.4 Å². The van der Waals surface area contributed by atoms with Gasteiger partial charge in [-0.15, -0.1) is 0 Å². The molecule has 0 aliphatic heterocycles. The van der Waals surface area contributed by atoms with Crippen LogP contribution in [0.3, 0.4) is 0 Å². The number of anilines is 1. The van der Waals surface area contributed by atoms with Crippen molar-refractivity contribution in [2.75, 3.05) is 11.9 Å².